The fourth-order valence-corrected chi connectivity index (χ4v) is 5.05. The van der Waals surface area contributed by atoms with Gasteiger partial charge in [0, 0.05) is 61.8 Å². The highest BCUT2D eigenvalue weighted by Gasteiger charge is 2.24. The zero-order valence-electron chi connectivity index (χ0n) is 18.8. The lowest BCUT2D eigenvalue weighted by molar-refractivity contribution is 0.0970. The summed E-state index contributed by atoms with van der Waals surface area (Å²) in [7, 11) is 0. The summed E-state index contributed by atoms with van der Waals surface area (Å²) in [5, 5.41) is 2.10. The van der Waals surface area contributed by atoms with Gasteiger partial charge in [-0.1, -0.05) is 42.5 Å². The van der Waals surface area contributed by atoms with E-state index in [2.05, 4.69) is 18.2 Å². The predicted octanol–water partition coefficient (Wildman–Crippen LogP) is 6.64. The Morgan fingerprint density at radius 2 is 1.21 bits per heavy atom. The van der Waals surface area contributed by atoms with Gasteiger partial charge in [-0.25, -0.2) is 0 Å². The fraction of sp³-hybridized carbons (Fsp3) is 0.133. The predicted molar refractivity (Wildman–Crippen MR) is 135 cm³/mol. The van der Waals surface area contributed by atoms with Gasteiger partial charge in [0.2, 0.25) is 0 Å². The molecule has 2 heterocycles. The Hall–Kier alpha value is -4.18. The van der Waals surface area contributed by atoms with E-state index in [9.17, 15) is 9.59 Å². The number of ketones is 2. The van der Waals surface area contributed by atoms with Crippen LogP contribution in [0.15, 0.2) is 97.6 Å². The lowest BCUT2D eigenvalue weighted by Crippen LogP contribution is -2.05. The summed E-state index contributed by atoms with van der Waals surface area (Å²) in [4.78, 5) is 26.0. The third-order valence-electron chi connectivity index (χ3n) is 6.79. The van der Waals surface area contributed by atoms with Gasteiger partial charge in [-0.2, -0.15) is 0 Å². The normalized spacial score (nSPS) is 11.6. The minimum atomic E-state index is 0.139. The van der Waals surface area contributed by atoms with Crippen LogP contribution in [-0.2, 0) is 13.1 Å². The Balaban J connectivity index is 1.32. The zero-order valence-corrected chi connectivity index (χ0v) is 18.8. The number of hydrogen-bond acceptors (Lipinski definition) is 2. The summed E-state index contributed by atoms with van der Waals surface area (Å²) in [5.74, 6) is 0.287. The van der Waals surface area contributed by atoms with Crippen LogP contribution < -0.4 is 0 Å². The Morgan fingerprint density at radius 3 is 1.91 bits per heavy atom. The van der Waals surface area contributed by atoms with E-state index in [1.165, 1.54) is 0 Å². The third-order valence-corrected chi connectivity index (χ3v) is 6.79. The lowest BCUT2D eigenvalue weighted by Gasteiger charge is -2.09. The smallest absolute Gasteiger partial charge is 0.165 e. The molecular weight excluding hydrogens is 420 g/mol. The van der Waals surface area contributed by atoms with Crippen LogP contribution in [0.3, 0.4) is 0 Å². The second-order valence-corrected chi connectivity index (χ2v) is 8.84. The van der Waals surface area contributed by atoms with Gasteiger partial charge in [-0.15, -0.1) is 0 Å². The molecule has 0 bridgehead atoms. The second kappa shape index (κ2) is 8.31. The highest BCUT2D eigenvalue weighted by atomic mass is 16.1. The Morgan fingerprint density at radius 1 is 0.588 bits per heavy atom. The van der Waals surface area contributed by atoms with Crippen molar-refractivity contribution in [2.24, 2.45) is 0 Å². The molecule has 6 rings (SSSR count). The third kappa shape index (κ3) is 3.48. The number of nitrogens with zero attached hydrogens (tertiary/aromatic N) is 2. The molecule has 2 aromatic heterocycles. The molecular formula is C30H24N2O2. The first-order valence-electron chi connectivity index (χ1n) is 11.7. The molecule has 1 aliphatic rings. The van der Waals surface area contributed by atoms with Gasteiger partial charge < -0.3 is 9.13 Å². The minimum absolute atomic E-state index is 0.139. The van der Waals surface area contributed by atoms with E-state index in [1.54, 1.807) is 0 Å². The molecule has 166 valence electrons. The maximum absolute atomic E-state index is 13.1. The number of carbonyl (C=O) groups is 2. The molecule has 0 aliphatic heterocycles. The van der Waals surface area contributed by atoms with Crippen molar-refractivity contribution in [3.8, 4) is 22.3 Å². The van der Waals surface area contributed by atoms with Crippen molar-refractivity contribution < 1.29 is 9.59 Å². The van der Waals surface area contributed by atoms with E-state index < -0.39 is 0 Å². The van der Waals surface area contributed by atoms with E-state index in [0.717, 1.165) is 44.2 Å². The first-order valence-corrected chi connectivity index (χ1v) is 11.7. The van der Waals surface area contributed by atoms with Crippen molar-refractivity contribution in [1.82, 2.24) is 9.13 Å². The second-order valence-electron chi connectivity index (χ2n) is 8.84. The van der Waals surface area contributed by atoms with Crippen LogP contribution in [0.25, 0.3) is 33.0 Å². The van der Waals surface area contributed by atoms with Crippen LogP contribution >= 0.6 is 0 Å². The molecule has 0 radical (unpaired) electrons. The lowest BCUT2D eigenvalue weighted by atomic mass is 9.95. The van der Waals surface area contributed by atoms with Crippen LogP contribution in [0.1, 0.15) is 33.6 Å². The first-order chi connectivity index (χ1) is 16.7. The first kappa shape index (κ1) is 20.4. The number of aromatic nitrogens is 2. The molecule has 34 heavy (non-hydrogen) atoms. The molecule has 4 heteroatoms. The van der Waals surface area contributed by atoms with Gasteiger partial charge in [0.15, 0.2) is 11.6 Å². The molecule has 4 nitrogen and oxygen atoms in total. The van der Waals surface area contributed by atoms with Crippen molar-refractivity contribution in [1.29, 1.82) is 0 Å². The summed E-state index contributed by atoms with van der Waals surface area (Å²) < 4.78 is 4.05. The number of Topliss-reactive ketones (excluding diaryl/α,β-unsaturated/α-hetero) is 2. The average Bonchev–Trinajstić information content (AvgIpc) is 3.63. The molecule has 3 aromatic carbocycles. The SMILES string of the molecule is O=C(CCn1cccc1)c1ccc2c(c1)-c1ccc(C(=O)CCn3cccc3)c3cccc-2c13. The number of aryl methyl sites for hydroxylation is 2. The standard InChI is InChI=1S/C30H24N2O2/c33-28(12-18-31-14-1-2-15-31)21-8-9-22-24-6-5-7-25-23(10-11-26(30(24)25)27(22)20-21)29(34)13-19-32-16-3-4-17-32/h1-11,14-17,20H,12-13,18-19H2. The summed E-state index contributed by atoms with van der Waals surface area (Å²) in [6.07, 6.45) is 8.84. The number of benzene rings is 3. The maximum atomic E-state index is 13.1. The van der Waals surface area contributed by atoms with Gasteiger partial charge in [0.05, 0.1) is 0 Å². The van der Waals surface area contributed by atoms with Gasteiger partial charge >= 0.3 is 0 Å². The van der Waals surface area contributed by atoms with Crippen LogP contribution in [-0.4, -0.2) is 20.7 Å². The topological polar surface area (TPSA) is 44.0 Å². The monoisotopic (exact) mass is 444 g/mol. The summed E-state index contributed by atoms with van der Waals surface area (Å²) in [6.45, 7) is 1.34. The number of hydrogen-bond donors (Lipinski definition) is 0. The summed E-state index contributed by atoms with van der Waals surface area (Å²) >= 11 is 0. The van der Waals surface area contributed by atoms with Crippen LogP contribution in [0.4, 0.5) is 0 Å². The average molecular weight is 445 g/mol. The van der Waals surface area contributed by atoms with Crippen molar-refractivity contribution in [3.63, 3.8) is 0 Å². The van der Waals surface area contributed by atoms with Crippen molar-refractivity contribution in [3.05, 3.63) is 109 Å². The maximum Gasteiger partial charge on any atom is 0.165 e. The van der Waals surface area contributed by atoms with Gasteiger partial charge in [-0.05, 0) is 63.4 Å². The van der Waals surface area contributed by atoms with Crippen LogP contribution in [0.2, 0.25) is 0 Å². The van der Waals surface area contributed by atoms with E-state index in [0.29, 0.717) is 25.9 Å². The molecule has 0 saturated heterocycles. The highest BCUT2D eigenvalue weighted by Crippen LogP contribution is 2.48. The number of rotatable bonds is 8. The fourth-order valence-electron chi connectivity index (χ4n) is 5.05. The van der Waals surface area contributed by atoms with Gasteiger partial charge in [0.1, 0.15) is 0 Å². The van der Waals surface area contributed by atoms with Crippen LogP contribution in [0, 0.1) is 0 Å². The van der Waals surface area contributed by atoms with Crippen molar-refractivity contribution in [2.75, 3.05) is 0 Å². The van der Waals surface area contributed by atoms with Crippen molar-refractivity contribution in [2.45, 2.75) is 25.9 Å². The molecule has 0 atom stereocenters. The molecule has 0 unspecified atom stereocenters. The van der Waals surface area contributed by atoms with Crippen molar-refractivity contribution >= 4 is 22.3 Å². The Labute approximate surface area is 198 Å². The van der Waals surface area contributed by atoms with Gasteiger partial charge in [0.25, 0.3) is 0 Å². The number of carbonyl (C=O) groups excluding carboxylic acids is 2. The largest absolute Gasteiger partial charge is 0.354 e. The van der Waals surface area contributed by atoms with E-state index in [-0.39, 0.29) is 11.6 Å². The molecule has 5 aromatic rings. The van der Waals surface area contributed by atoms with E-state index >= 15 is 0 Å². The minimum Gasteiger partial charge on any atom is -0.354 e. The van der Waals surface area contributed by atoms with E-state index in [1.807, 2.05) is 88.5 Å². The number of fused-ring (bicyclic) bond motifs is 3. The molecule has 0 fully saturated rings. The van der Waals surface area contributed by atoms with Gasteiger partial charge in [-0.3, -0.25) is 9.59 Å². The highest BCUT2D eigenvalue weighted by molar-refractivity contribution is 6.21. The Kier molecular flexibility index (Phi) is 4.99. The quantitative estimate of drug-likeness (QED) is 0.247. The molecule has 1 aliphatic carbocycles. The molecule has 0 saturated carbocycles. The summed E-state index contributed by atoms with van der Waals surface area (Å²) in [5.41, 5.74) is 5.93. The molecule has 0 amide bonds. The zero-order chi connectivity index (χ0) is 23.1. The summed E-state index contributed by atoms with van der Waals surface area (Å²) in [6, 6.07) is 24.1. The molecule has 0 spiro atoms. The van der Waals surface area contributed by atoms with Crippen LogP contribution in [0.5, 0.6) is 0 Å². The molecule has 0 N–H and O–H groups in total. The van der Waals surface area contributed by atoms with E-state index in [4.69, 9.17) is 0 Å². The Bertz CT molecular complexity index is 1530.